The van der Waals surface area contributed by atoms with Crippen molar-refractivity contribution in [2.24, 2.45) is 11.7 Å². The summed E-state index contributed by atoms with van der Waals surface area (Å²) in [5.41, 5.74) is 5.07. The van der Waals surface area contributed by atoms with Gasteiger partial charge in [-0.2, -0.15) is 0 Å². The first-order chi connectivity index (χ1) is 7.77. The van der Waals surface area contributed by atoms with Crippen LogP contribution in [0.5, 0.6) is 0 Å². The topological polar surface area (TPSA) is 58.8 Å². The fraction of sp³-hybridized carbons (Fsp3) is 0.917. The van der Waals surface area contributed by atoms with Gasteiger partial charge >= 0.3 is 5.97 Å². The summed E-state index contributed by atoms with van der Waals surface area (Å²) in [5.74, 6) is 0.247. The lowest BCUT2D eigenvalue weighted by molar-refractivity contribution is -0.147. The second-order valence-corrected chi connectivity index (χ2v) is 5.61. The number of nitrogens with two attached hydrogens (primary N) is 1. The number of carbonyl (C=O) groups is 1. The van der Waals surface area contributed by atoms with Crippen LogP contribution in [0.15, 0.2) is 0 Å². The highest BCUT2D eigenvalue weighted by molar-refractivity contribution is 5.80. The average Bonchev–Trinajstić information content (AvgIpc) is 2.57. The molecule has 0 aromatic carbocycles. The Hall–Kier alpha value is -0.650. The van der Waals surface area contributed by atoms with Crippen molar-refractivity contribution >= 4 is 5.97 Å². The Morgan fingerprint density at radius 1 is 1.53 bits per heavy atom. The van der Waals surface area contributed by atoms with Gasteiger partial charge in [0.15, 0.2) is 0 Å². The maximum atomic E-state index is 11.5. The molecule has 5 heteroatoms. The molecule has 0 spiro atoms. The highest BCUT2D eigenvalue weighted by Crippen LogP contribution is 2.21. The molecule has 1 rings (SSSR count). The minimum absolute atomic E-state index is 0.349. The lowest BCUT2D eigenvalue weighted by Crippen LogP contribution is -2.54. The van der Waals surface area contributed by atoms with Crippen LogP contribution in [0.1, 0.15) is 13.8 Å². The maximum absolute atomic E-state index is 11.5. The Morgan fingerprint density at radius 3 is 2.53 bits per heavy atom. The third-order valence-electron chi connectivity index (χ3n) is 3.52. The Bertz CT molecular complexity index is 279. The number of hydrogen-bond donors (Lipinski definition) is 1. The Balaban J connectivity index is 2.58. The van der Waals surface area contributed by atoms with Crippen LogP contribution in [0.3, 0.4) is 0 Å². The predicted molar refractivity (Wildman–Crippen MR) is 67.7 cm³/mol. The van der Waals surface area contributed by atoms with Gasteiger partial charge < -0.3 is 15.4 Å². The van der Waals surface area contributed by atoms with Crippen LogP contribution in [0, 0.1) is 5.92 Å². The van der Waals surface area contributed by atoms with E-state index in [4.69, 9.17) is 10.5 Å². The number of rotatable bonds is 4. The SMILES string of the molecule is COC(=O)C(C)(N)CN1CC(C)C(N(C)C)C1. The zero-order chi connectivity index (χ0) is 13.2. The molecule has 100 valence electrons. The zero-order valence-corrected chi connectivity index (χ0v) is 11.6. The van der Waals surface area contributed by atoms with Crippen molar-refractivity contribution in [3.05, 3.63) is 0 Å². The molecule has 3 unspecified atom stereocenters. The summed E-state index contributed by atoms with van der Waals surface area (Å²) in [7, 11) is 5.56. The lowest BCUT2D eigenvalue weighted by atomic mass is 10.0. The summed E-state index contributed by atoms with van der Waals surface area (Å²) >= 11 is 0. The molecule has 0 saturated carbocycles. The third-order valence-corrected chi connectivity index (χ3v) is 3.52. The van der Waals surface area contributed by atoms with Gasteiger partial charge in [0.05, 0.1) is 7.11 Å². The molecule has 0 aromatic rings. The molecule has 0 radical (unpaired) electrons. The van der Waals surface area contributed by atoms with E-state index >= 15 is 0 Å². The van der Waals surface area contributed by atoms with Crippen LogP contribution in [0.2, 0.25) is 0 Å². The van der Waals surface area contributed by atoms with Gasteiger partial charge in [-0.1, -0.05) is 6.92 Å². The van der Waals surface area contributed by atoms with Gasteiger partial charge in [0.1, 0.15) is 5.54 Å². The van der Waals surface area contributed by atoms with Crippen LogP contribution in [-0.4, -0.2) is 68.2 Å². The number of methoxy groups -OCH3 is 1. The molecule has 3 atom stereocenters. The van der Waals surface area contributed by atoms with E-state index in [-0.39, 0.29) is 5.97 Å². The first-order valence-electron chi connectivity index (χ1n) is 6.04. The number of carbonyl (C=O) groups excluding carboxylic acids is 1. The molecule has 1 aliphatic rings. The van der Waals surface area contributed by atoms with Crippen molar-refractivity contribution in [1.82, 2.24) is 9.80 Å². The molecule has 2 N–H and O–H groups in total. The van der Waals surface area contributed by atoms with Crippen LogP contribution in [-0.2, 0) is 9.53 Å². The van der Waals surface area contributed by atoms with Crippen molar-refractivity contribution < 1.29 is 9.53 Å². The Kier molecular flexibility index (Phi) is 4.52. The standard InChI is InChI=1S/C12H25N3O2/c1-9-6-15(7-10(9)14(3)4)8-12(2,13)11(16)17-5/h9-10H,6-8,13H2,1-5H3. The molecule has 1 heterocycles. The van der Waals surface area contributed by atoms with Gasteiger partial charge in [-0.3, -0.25) is 9.69 Å². The summed E-state index contributed by atoms with van der Waals surface area (Å²) in [4.78, 5) is 16.0. The molecule has 1 fully saturated rings. The highest BCUT2D eigenvalue weighted by Gasteiger charge is 2.37. The molecule has 1 aliphatic heterocycles. The smallest absolute Gasteiger partial charge is 0.326 e. The molecule has 0 aliphatic carbocycles. The number of likely N-dealkylation sites (tertiary alicyclic amines) is 1. The summed E-state index contributed by atoms with van der Waals surface area (Å²) in [6.07, 6.45) is 0. The Labute approximate surface area is 104 Å². The summed E-state index contributed by atoms with van der Waals surface area (Å²) in [6, 6.07) is 0.531. The van der Waals surface area contributed by atoms with Gasteiger partial charge in [-0.15, -0.1) is 0 Å². The van der Waals surface area contributed by atoms with Crippen LogP contribution >= 0.6 is 0 Å². The van der Waals surface area contributed by atoms with Crippen LogP contribution in [0.4, 0.5) is 0 Å². The summed E-state index contributed by atoms with van der Waals surface area (Å²) in [5, 5.41) is 0. The van der Waals surface area contributed by atoms with Gasteiger partial charge in [0, 0.05) is 25.7 Å². The first-order valence-corrected chi connectivity index (χ1v) is 6.04. The van der Waals surface area contributed by atoms with E-state index in [2.05, 4.69) is 30.8 Å². The number of hydrogen-bond acceptors (Lipinski definition) is 5. The van der Waals surface area contributed by atoms with Crippen molar-refractivity contribution in [2.45, 2.75) is 25.4 Å². The number of ether oxygens (including phenoxy) is 1. The van der Waals surface area contributed by atoms with Crippen LogP contribution in [0.25, 0.3) is 0 Å². The van der Waals surface area contributed by atoms with E-state index < -0.39 is 5.54 Å². The van der Waals surface area contributed by atoms with Crippen molar-refractivity contribution in [1.29, 1.82) is 0 Å². The molecule has 17 heavy (non-hydrogen) atoms. The quantitative estimate of drug-likeness (QED) is 0.691. The highest BCUT2D eigenvalue weighted by atomic mass is 16.5. The zero-order valence-electron chi connectivity index (χ0n) is 11.6. The molecule has 0 aromatic heterocycles. The van der Waals surface area contributed by atoms with Crippen LogP contribution < -0.4 is 5.73 Å². The monoisotopic (exact) mass is 243 g/mol. The molecule has 0 bridgehead atoms. The first kappa shape index (κ1) is 14.4. The van der Waals surface area contributed by atoms with Gasteiger partial charge in [0.25, 0.3) is 0 Å². The maximum Gasteiger partial charge on any atom is 0.326 e. The van der Waals surface area contributed by atoms with E-state index in [9.17, 15) is 4.79 Å². The van der Waals surface area contributed by atoms with E-state index in [0.29, 0.717) is 18.5 Å². The van der Waals surface area contributed by atoms with Gasteiger partial charge in [-0.05, 0) is 26.9 Å². The van der Waals surface area contributed by atoms with E-state index in [1.807, 2.05) is 0 Å². The van der Waals surface area contributed by atoms with E-state index in [1.54, 1.807) is 6.92 Å². The predicted octanol–water partition coefficient (Wildman–Crippen LogP) is -0.241. The minimum Gasteiger partial charge on any atom is -0.468 e. The largest absolute Gasteiger partial charge is 0.468 e. The minimum atomic E-state index is -0.921. The fourth-order valence-corrected chi connectivity index (χ4v) is 2.61. The van der Waals surface area contributed by atoms with Crippen molar-refractivity contribution in [3.63, 3.8) is 0 Å². The molecule has 5 nitrogen and oxygen atoms in total. The normalized spacial score (nSPS) is 29.4. The van der Waals surface area contributed by atoms with Crippen molar-refractivity contribution in [2.75, 3.05) is 40.8 Å². The summed E-state index contributed by atoms with van der Waals surface area (Å²) < 4.78 is 4.73. The number of esters is 1. The second kappa shape index (κ2) is 5.33. The second-order valence-electron chi connectivity index (χ2n) is 5.61. The summed E-state index contributed by atoms with van der Waals surface area (Å²) in [6.45, 7) is 6.45. The molecular weight excluding hydrogens is 218 g/mol. The third kappa shape index (κ3) is 3.40. The number of nitrogens with zero attached hydrogens (tertiary/aromatic N) is 2. The molecule has 1 saturated heterocycles. The lowest BCUT2D eigenvalue weighted by Gasteiger charge is -2.28. The molecular formula is C12H25N3O2. The molecule has 0 amide bonds. The fourth-order valence-electron chi connectivity index (χ4n) is 2.61. The van der Waals surface area contributed by atoms with E-state index in [1.165, 1.54) is 7.11 Å². The number of likely N-dealkylation sites (N-methyl/N-ethyl adjacent to an activating group) is 1. The van der Waals surface area contributed by atoms with Gasteiger partial charge in [0.2, 0.25) is 0 Å². The Morgan fingerprint density at radius 2 is 2.12 bits per heavy atom. The van der Waals surface area contributed by atoms with Gasteiger partial charge in [-0.25, -0.2) is 0 Å². The van der Waals surface area contributed by atoms with E-state index in [0.717, 1.165) is 13.1 Å². The average molecular weight is 243 g/mol. The van der Waals surface area contributed by atoms with Crippen molar-refractivity contribution in [3.8, 4) is 0 Å².